The number of unbranched alkanes of at least 4 members (excludes halogenated alkanes) is 35. The fraction of sp³-hybridized carbons (Fsp3) is 0.855. The molecule has 0 saturated carbocycles. The van der Waals surface area contributed by atoms with E-state index >= 15 is 0 Å². The monoisotopic (exact) mass is 1070 g/mol. The first-order valence-corrected chi connectivity index (χ1v) is 32.4. The zero-order valence-electron chi connectivity index (χ0n) is 48.1. The third-order valence-corrected chi connectivity index (χ3v) is 14.5. The number of hydrogen-bond acceptors (Lipinski definition) is 10. The minimum absolute atomic E-state index is 0.157. The second kappa shape index (κ2) is 56.9. The molecule has 0 aliphatic heterocycles. The molecule has 0 aromatic rings. The van der Waals surface area contributed by atoms with Crippen LogP contribution in [-0.4, -0.2) is 66.5 Å². The van der Waals surface area contributed by atoms with Gasteiger partial charge in [-0.15, -0.1) is 0 Å². The van der Waals surface area contributed by atoms with Crippen LogP contribution >= 0.6 is 7.82 Å². The molecule has 0 aromatic carbocycles. The average Bonchev–Trinajstić information content (AvgIpc) is 3.39. The van der Waals surface area contributed by atoms with Crippen molar-refractivity contribution in [1.29, 1.82) is 0 Å². The largest absolute Gasteiger partial charge is 0.472 e. The van der Waals surface area contributed by atoms with Gasteiger partial charge in [-0.2, -0.15) is 0 Å². The molecule has 0 aliphatic rings. The van der Waals surface area contributed by atoms with Crippen LogP contribution in [0.2, 0.25) is 0 Å². The van der Waals surface area contributed by atoms with Gasteiger partial charge in [0.2, 0.25) is 0 Å². The summed E-state index contributed by atoms with van der Waals surface area (Å²) in [6.07, 6.45) is 59.5. The van der Waals surface area contributed by atoms with Gasteiger partial charge in [-0.1, -0.05) is 263 Å². The number of aliphatic hydroxyl groups excluding tert-OH is 1. The van der Waals surface area contributed by atoms with Crippen molar-refractivity contribution in [3.05, 3.63) is 36.5 Å². The molecule has 3 atom stereocenters. The predicted octanol–water partition coefficient (Wildman–Crippen LogP) is 18.4. The van der Waals surface area contributed by atoms with Crippen LogP contribution in [0.5, 0.6) is 0 Å². The van der Waals surface area contributed by atoms with Crippen LogP contribution < -0.4 is 0 Å². The van der Waals surface area contributed by atoms with Gasteiger partial charge in [0.1, 0.15) is 12.7 Å². The summed E-state index contributed by atoms with van der Waals surface area (Å²) < 4.78 is 39.6. The first-order chi connectivity index (χ1) is 36.2. The van der Waals surface area contributed by atoms with Gasteiger partial charge >= 0.3 is 25.7 Å². The third-order valence-electron chi connectivity index (χ3n) is 13.6. The molecule has 0 aromatic heterocycles. The molecule has 74 heavy (non-hydrogen) atoms. The maximum atomic E-state index is 12.9. The summed E-state index contributed by atoms with van der Waals surface area (Å²) >= 11 is 0. The van der Waals surface area contributed by atoms with Crippen molar-refractivity contribution in [2.75, 3.05) is 26.4 Å². The van der Waals surface area contributed by atoms with E-state index in [-0.39, 0.29) is 25.9 Å². The molecule has 0 radical (unpaired) electrons. The highest BCUT2D eigenvalue weighted by Crippen LogP contribution is 2.43. The van der Waals surface area contributed by atoms with E-state index < -0.39 is 57.8 Å². The maximum absolute atomic E-state index is 12.9. The minimum Gasteiger partial charge on any atom is -0.462 e. The molecule has 0 fully saturated rings. The summed E-state index contributed by atoms with van der Waals surface area (Å²) in [4.78, 5) is 48.6. The zero-order valence-corrected chi connectivity index (χ0v) is 49.0. The summed E-state index contributed by atoms with van der Waals surface area (Å²) in [5.74, 6) is -1.46. The topological polar surface area (TPSA) is 155 Å². The molecule has 0 heterocycles. The SMILES string of the molecule is CCCCC/C=C\C/C=C\C/C=C\CCCCCCCCC(=O)OC(COC(=O)CCCCCCCCCCCCC)COP(=O)(O)OCC(CO)OC(=O)CCCCCCCCCCCCCCCCCCC. The normalized spacial score (nSPS) is 13.5. The van der Waals surface area contributed by atoms with Gasteiger partial charge in [0, 0.05) is 19.3 Å². The molecule has 11 nitrogen and oxygen atoms in total. The molecule has 3 unspecified atom stereocenters. The Morgan fingerprint density at radius 3 is 1.04 bits per heavy atom. The van der Waals surface area contributed by atoms with Crippen LogP contribution in [0.1, 0.15) is 303 Å². The number of phosphoric ester groups is 1. The fourth-order valence-corrected chi connectivity index (χ4v) is 9.62. The number of ether oxygens (including phenoxy) is 3. The molecule has 434 valence electrons. The van der Waals surface area contributed by atoms with Gasteiger partial charge < -0.3 is 24.2 Å². The summed E-state index contributed by atoms with van der Waals surface area (Å²) in [5.41, 5.74) is 0. The lowest BCUT2D eigenvalue weighted by Gasteiger charge is -2.21. The standard InChI is InChI=1S/C62H115O11P/c1-4-7-10-13-16-19-22-24-26-28-29-31-33-35-38-41-44-47-50-53-62(66)73-59(55-69-60(64)51-48-45-42-39-36-21-18-15-12-9-6-3)57-71-74(67,68)70-56-58(54-63)72-61(65)52-49-46-43-40-37-34-32-30-27-25-23-20-17-14-11-8-5-2/h16,19,24,26,29,31,58-59,63H,4-15,17-18,20-23,25,27-28,30,32-57H2,1-3H3,(H,67,68)/b19-16-,26-24-,31-29-. The molecular weight excluding hydrogens is 952 g/mol. The van der Waals surface area contributed by atoms with Gasteiger partial charge in [0.05, 0.1) is 19.8 Å². The fourth-order valence-electron chi connectivity index (χ4n) is 8.84. The summed E-state index contributed by atoms with van der Waals surface area (Å²) in [6, 6.07) is 0. The Morgan fingerprint density at radius 1 is 0.378 bits per heavy atom. The molecule has 0 bridgehead atoms. The highest BCUT2D eigenvalue weighted by atomic mass is 31.2. The summed E-state index contributed by atoms with van der Waals surface area (Å²) in [6.45, 7) is 4.65. The summed E-state index contributed by atoms with van der Waals surface area (Å²) in [7, 11) is -4.75. The number of esters is 3. The lowest BCUT2D eigenvalue weighted by Crippen LogP contribution is -2.30. The van der Waals surface area contributed by atoms with Gasteiger partial charge in [0.25, 0.3) is 0 Å². The second-order valence-electron chi connectivity index (χ2n) is 20.9. The second-order valence-corrected chi connectivity index (χ2v) is 22.3. The number of phosphoric acid groups is 1. The van der Waals surface area contributed by atoms with Crippen LogP contribution in [0.4, 0.5) is 0 Å². The van der Waals surface area contributed by atoms with E-state index in [1.807, 2.05) is 0 Å². The van der Waals surface area contributed by atoms with E-state index in [4.69, 9.17) is 23.3 Å². The van der Waals surface area contributed by atoms with E-state index in [1.54, 1.807) is 0 Å². The minimum atomic E-state index is -4.75. The average molecular weight is 1070 g/mol. The first-order valence-electron chi connectivity index (χ1n) is 30.9. The Bertz CT molecular complexity index is 1380. The van der Waals surface area contributed by atoms with Crippen LogP contribution in [-0.2, 0) is 42.2 Å². The zero-order chi connectivity index (χ0) is 54.1. The van der Waals surface area contributed by atoms with Gasteiger partial charge in [0.15, 0.2) is 6.10 Å². The van der Waals surface area contributed by atoms with Crippen molar-refractivity contribution in [2.24, 2.45) is 0 Å². The van der Waals surface area contributed by atoms with E-state index in [1.165, 1.54) is 154 Å². The van der Waals surface area contributed by atoms with Gasteiger partial charge in [-0.3, -0.25) is 23.4 Å². The van der Waals surface area contributed by atoms with Crippen LogP contribution in [0.15, 0.2) is 36.5 Å². The van der Waals surface area contributed by atoms with Crippen LogP contribution in [0, 0.1) is 0 Å². The number of carbonyl (C=O) groups excluding carboxylic acids is 3. The quantitative estimate of drug-likeness (QED) is 0.0197. The number of aliphatic hydroxyl groups is 1. The van der Waals surface area contributed by atoms with E-state index in [9.17, 15) is 28.9 Å². The molecule has 0 amide bonds. The lowest BCUT2D eigenvalue weighted by atomic mass is 10.0. The van der Waals surface area contributed by atoms with Crippen molar-refractivity contribution < 1.29 is 52.2 Å². The molecule has 0 spiro atoms. The molecule has 12 heteroatoms. The summed E-state index contributed by atoms with van der Waals surface area (Å²) in [5, 5.41) is 9.83. The molecule has 0 rings (SSSR count). The Labute approximate surface area is 454 Å². The molecule has 0 saturated heterocycles. The Hall–Kier alpha value is -2.30. The Morgan fingerprint density at radius 2 is 0.662 bits per heavy atom. The first kappa shape index (κ1) is 71.7. The van der Waals surface area contributed by atoms with Gasteiger partial charge in [-0.05, 0) is 57.8 Å². The molecule has 0 aliphatic carbocycles. The van der Waals surface area contributed by atoms with Crippen LogP contribution in [0.25, 0.3) is 0 Å². The van der Waals surface area contributed by atoms with E-state index in [0.29, 0.717) is 19.3 Å². The highest BCUT2D eigenvalue weighted by molar-refractivity contribution is 7.47. The lowest BCUT2D eigenvalue weighted by molar-refractivity contribution is -0.161. The van der Waals surface area contributed by atoms with Crippen molar-refractivity contribution >= 4 is 25.7 Å². The van der Waals surface area contributed by atoms with Crippen molar-refractivity contribution in [3.63, 3.8) is 0 Å². The molecular formula is C62H115O11P. The molecule has 2 N–H and O–H groups in total. The maximum Gasteiger partial charge on any atom is 0.472 e. The Balaban J connectivity index is 4.63. The van der Waals surface area contributed by atoms with E-state index in [0.717, 1.165) is 89.9 Å². The smallest absolute Gasteiger partial charge is 0.462 e. The van der Waals surface area contributed by atoms with Gasteiger partial charge in [-0.25, -0.2) is 4.57 Å². The number of hydrogen-bond donors (Lipinski definition) is 2. The van der Waals surface area contributed by atoms with Crippen molar-refractivity contribution in [1.82, 2.24) is 0 Å². The van der Waals surface area contributed by atoms with Crippen molar-refractivity contribution in [2.45, 2.75) is 315 Å². The number of carbonyl (C=O) groups is 3. The number of rotatable bonds is 58. The van der Waals surface area contributed by atoms with E-state index in [2.05, 4.69) is 57.2 Å². The predicted molar refractivity (Wildman–Crippen MR) is 307 cm³/mol. The number of allylic oxidation sites excluding steroid dienone is 6. The highest BCUT2D eigenvalue weighted by Gasteiger charge is 2.28. The Kier molecular flexibility index (Phi) is 55.1. The van der Waals surface area contributed by atoms with Crippen LogP contribution in [0.3, 0.4) is 0 Å². The van der Waals surface area contributed by atoms with Crippen molar-refractivity contribution in [3.8, 4) is 0 Å². The third kappa shape index (κ3) is 54.5.